The minimum absolute atomic E-state index is 0.0126. The fourth-order valence-electron chi connectivity index (χ4n) is 3.20. The van der Waals surface area contributed by atoms with Crippen LogP contribution in [-0.4, -0.2) is 35.8 Å². The number of carbonyl (C=O) groups is 2. The first-order valence-electron chi connectivity index (χ1n) is 8.77. The summed E-state index contributed by atoms with van der Waals surface area (Å²) in [6.45, 7) is 4.04. The van der Waals surface area contributed by atoms with Gasteiger partial charge in [0.25, 0.3) is 5.91 Å². The van der Waals surface area contributed by atoms with E-state index in [1.54, 1.807) is 24.3 Å². The number of hydrogen-bond donors (Lipinski definition) is 1. The number of likely N-dealkylation sites (N-methyl/N-ethyl adjacent to an activating group) is 1. The Kier molecular flexibility index (Phi) is 6.67. The molecule has 0 bridgehead atoms. The van der Waals surface area contributed by atoms with Crippen molar-refractivity contribution in [2.75, 3.05) is 7.05 Å². The molecule has 0 aromatic heterocycles. The van der Waals surface area contributed by atoms with Crippen LogP contribution in [0.5, 0.6) is 0 Å². The highest BCUT2D eigenvalue weighted by atomic mass is 35.5. The van der Waals surface area contributed by atoms with E-state index in [4.69, 9.17) is 11.6 Å². The van der Waals surface area contributed by atoms with Gasteiger partial charge in [-0.3, -0.25) is 9.59 Å². The molecule has 0 aliphatic heterocycles. The Morgan fingerprint density at radius 2 is 1.83 bits per heavy atom. The van der Waals surface area contributed by atoms with Crippen LogP contribution in [0, 0.1) is 5.92 Å². The number of hydrogen-bond acceptors (Lipinski definition) is 2. The zero-order valence-electron chi connectivity index (χ0n) is 14.7. The van der Waals surface area contributed by atoms with Gasteiger partial charge in [0.05, 0.1) is 0 Å². The molecule has 5 heteroatoms. The number of carbonyl (C=O) groups excluding carboxylic acids is 2. The number of amides is 2. The number of benzene rings is 1. The number of rotatable bonds is 6. The van der Waals surface area contributed by atoms with Crippen LogP contribution in [0.3, 0.4) is 0 Å². The summed E-state index contributed by atoms with van der Waals surface area (Å²) in [5.74, 6) is -0.138. The molecule has 1 saturated carbocycles. The molecular formula is C19H27ClN2O2. The molecule has 4 nitrogen and oxygen atoms in total. The molecular weight excluding hydrogens is 324 g/mol. The van der Waals surface area contributed by atoms with Gasteiger partial charge in [-0.15, -0.1) is 0 Å². The molecule has 2 rings (SSSR count). The molecule has 1 N–H and O–H groups in total. The topological polar surface area (TPSA) is 49.4 Å². The smallest absolute Gasteiger partial charge is 0.251 e. The molecule has 2 amide bonds. The Bertz CT molecular complexity index is 567. The zero-order valence-corrected chi connectivity index (χ0v) is 15.5. The van der Waals surface area contributed by atoms with E-state index in [1.165, 1.54) is 12.8 Å². The van der Waals surface area contributed by atoms with Crippen molar-refractivity contribution < 1.29 is 9.59 Å². The summed E-state index contributed by atoms with van der Waals surface area (Å²) < 4.78 is 0. The maximum Gasteiger partial charge on any atom is 0.251 e. The van der Waals surface area contributed by atoms with Crippen molar-refractivity contribution in [3.8, 4) is 0 Å². The molecule has 1 fully saturated rings. The standard InChI is InChI=1S/C19H27ClN2O2/c1-4-13(2)17(19(24)22(3)16-7-5-6-8-16)21-18(23)14-9-11-15(20)12-10-14/h9-13,16-17H,4-8H2,1-3H3,(H,21,23). The van der Waals surface area contributed by atoms with Gasteiger partial charge in [-0.2, -0.15) is 0 Å². The molecule has 0 heterocycles. The fourth-order valence-corrected chi connectivity index (χ4v) is 3.33. The van der Waals surface area contributed by atoms with Gasteiger partial charge in [0.15, 0.2) is 0 Å². The highest BCUT2D eigenvalue weighted by molar-refractivity contribution is 6.30. The highest BCUT2D eigenvalue weighted by Gasteiger charge is 2.32. The number of nitrogens with one attached hydrogen (secondary N) is 1. The second-order valence-electron chi connectivity index (χ2n) is 6.73. The van der Waals surface area contributed by atoms with E-state index in [-0.39, 0.29) is 17.7 Å². The summed E-state index contributed by atoms with van der Waals surface area (Å²) >= 11 is 5.87. The van der Waals surface area contributed by atoms with Crippen LogP contribution in [0.4, 0.5) is 0 Å². The number of halogens is 1. The van der Waals surface area contributed by atoms with Crippen molar-refractivity contribution in [3.63, 3.8) is 0 Å². The maximum absolute atomic E-state index is 12.9. The third kappa shape index (κ3) is 4.50. The molecule has 24 heavy (non-hydrogen) atoms. The maximum atomic E-state index is 12.9. The van der Waals surface area contributed by atoms with Gasteiger partial charge in [0.1, 0.15) is 6.04 Å². The first-order chi connectivity index (χ1) is 11.4. The molecule has 1 aromatic rings. The van der Waals surface area contributed by atoms with E-state index in [2.05, 4.69) is 5.32 Å². The van der Waals surface area contributed by atoms with Crippen molar-refractivity contribution in [2.45, 2.75) is 58.0 Å². The molecule has 0 spiro atoms. The van der Waals surface area contributed by atoms with Crippen molar-refractivity contribution in [2.24, 2.45) is 5.92 Å². The van der Waals surface area contributed by atoms with Crippen LogP contribution in [-0.2, 0) is 4.79 Å². The Labute approximate surface area is 149 Å². The van der Waals surface area contributed by atoms with Gasteiger partial charge in [-0.1, -0.05) is 44.7 Å². The van der Waals surface area contributed by atoms with Gasteiger partial charge in [0.2, 0.25) is 5.91 Å². The van der Waals surface area contributed by atoms with Crippen molar-refractivity contribution in [1.82, 2.24) is 10.2 Å². The van der Waals surface area contributed by atoms with Crippen LogP contribution < -0.4 is 5.32 Å². The van der Waals surface area contributed by atoms with Crippen molar-refractivity contribution in [3.05, 3.63) is 34.9 Å². The largest absolute Gasteiger partial charge is 0.341 e. The minimum atomic E-state index is -0.497. The predicted molar refractivity (Wildman–Crippen MR) is 97.2 cm³/mol. The second-order valence-corrected chi connectivity index (χ2v) is 7.17. The number of nitrogens with zero attached hydrogens (tertiary/aromatic N) is 1. The van der Waals surface area contributed by atoms with E-state index in [1.807, 2.05) is 25.8 Å². The molecule has 1 aromatic carbocycles. The Morgan fingerprint density at radius 3 is 2.38 bits per heavy atom. The van der Waals surface area contributed by atoms with E-state index in [9.17, 15) is 9.59 Å². The van der Waals surface area contributed by atoms with Gasteiger partial charge in [-0.05, 0) is 43.0 Å². The lowest BCUT2D eigenvalue weighted by molar-refractivity contribution is -0.135. The monoisotopic (exact) mass is 350 g/mol. The zero-order chi connectivity index (χ0) is 17.7. The molecule has 0 radical (unpaired) electrons. The lowest BCUT2D eigenvalue weighted by atomic mass is 9.96. The third-order valence-electron chi connectivity index (χ3n) is 5.09. The minimum Gasteiger partial charge on any atom is -0.341 e. The molecule has 2 atom stereocenters. The fraction of sp³-hybridized carbons (Fsp3) is 0.579. The lowest BCUT2D eigenvalue weighted by Gasteiger charge is -2.31. The summed E-state index contributed by atoms with van der Waals surface area (Å²) in [5, 5.41) is 3.52. The molecule has 132 valence electrons. The lowest BCUT2D eigenvalue weighted by Crippen LogP contribution is -2.52. The van der Waals surface area contributed by atoms with Crippen LogP contribution in [0.2, 0.25) is 5.02 Å². The van der Waals surface area contributed by atoms with Gasteiger partial charge < -0.3 is 10.2 Å². The van der Waals surface area contributed by atoms with Crippen molar-refractivity contribution >= 4 is 23.4 Å². The Morgan fingerprint density at radius 1 is 1.25 bits per heavy atom. The normalized spacial score (nSPS) is 17.3. The first kappa shape index (κ1) is 18.8. The summed E-state index contributed by atoms with van der Waals surface area (Å²) in [6.07, 6.45) is 5.29. The van der Waals surface area contributed by atoms with Crippen molar-refractivity contribution in [1.29, 1.82) is 0 Å². The highest BCUT2D eigenvalue weighted by Crippen LogP contribution is 2.24. The van der Waals surface area contributed by atoms with E-state index in [0.29, 0.717) is 16.6 Å². The summed E-state index contributed by atoms with van der Waals surface area (Å²) in [7, 11) is 1.86. The quantitative estimate of drug-likeness (QED) is 0.846. The van der Waals surface area contributed by atoms with Gasteiger partial charge in [-0.25, -0.2) is 0 Å². The Balaban J connectivity index is 2.11. The van der Waals surface area contributed by atoms with Gasteiger partial charge in [0, 0.05) is 23.7 Å². The van der Waals surface area contributed by atoms with E-state index < -0.39 is 6.04 Å². The van der Waals surface area contributed by atoms with Crippen LogP contribution in [0.1, 0.15) is 56.3 Å². The van der Waals surface area contributed by atoms with E-state index in [0.717, 1.165) is 19.3 Å². The van der Waals surface area contributed by atoms with Crippen LogP contribution in [0.25, 0.3) is 0 Å². The molecule has 0 saturated heterocycles. The predicted octanol–water partition coefficient (Wildman–Crippen LogP) is 3.89. The molecule has 1 aliphatic carbocycles. The van der Waals surface area contributed by atoms with Crippen LogP contribution >= 0.6 is 11.6 Å². The summed E-state index contributed by atoms with van der Waals surface area (Å²) in [5.41, 5.74) is 0.518. The first-order valence-corrected chi connectivity index (χ1v) is 9.15. The average molecular weight is 351 g/mol. The molecule has 1 aliphatic rings. The van der Waals surface area contributed by atoms with Crippen LogP contribution in [0.15, 0.2) is 24.3 Å². The third-order valence-corrected chi connectivity index (χ3v) is 5.34. The SMILES string of the molecule is CCC(C)C(NC(=O)c1ccc(Cl)cc1)C(=O)N(C)C1CCCC1. The molecule has 2 unspecified atom stereocenters. The van der Waals surface area contributed by atoms with E-state index >= 15 is 0 Å². The second kappa shape index (κ2) is 8.52. The van der Waals surface area contributed by atoms with Gasteiger partial charge >= 0.3 is 0 Å². The summed E-state index contributed by atoms with van der Waals surface area (Å²) in [4.78, 5) is 27.3. The average Bonchev–Trinajstić information content (AvgIpc) is 3.12. The Hall–Kier alpha value is -1.55. The summed E-state index contributed by atoms with van der Waals surface area (Å²) in [6, 6.07) is 6.52.